The normalized spacial score (nSPS) is 26.6. The van der Waals surface area contributed by atoms with Gasteiger partial charge in [0.2, 0.25) is 5.91 Å². The zero-order valence-electron chi connectivity index (χ0n) is 11.9. The number of hydrogen-bond acceptors (Lipinski definition) is 3. The van der Waals surface area contributed by atoms with Gasteiger partial charge >= 0.3 is 0 Å². The molecule has 1 aliphatic heterocycles. The molecule has 2 fully saturated rings. The lowest BCUT2D eigenvalue weighted by Gasteiger charge is -2.31. The van der Waals surface area contributed by atoms with Crippen LogP contribution >= 0.6 is 0 Å². The maximum Gasteiger partial charge on any atom is 0.240 e. The van der Waals surface area contributed by atoms with E-state index in [0.717, 1.165) is 25.9 Å². The van der Waals surface area contributed by atoms with Crippen LogP contribution < -0.4 is 5.73 Å². The van der Waals surface area contributed by atoms with Crippen molar-refractivity contribution in [2.45, 2.75) is 57.7 Å². The molecule has 0 aromatic carbocycles. The molecule has 1 amide bonds. The van der Waals surface area contributed by atoms with E-state index in [9.17, 15) is 4.79 Å². The van der Waals surface area contributed by atoms with Crippen LogP contribution in [0.1, 0.15) is 39.5 Å². The van der Waals surface area contributed by atoms with Gasteiger partial charge in [-0.25, -0.2) is 0 Å². The van der Waals surface area contributed by atoms with Crippen molar-refractivity contribution in [1.29, 1.82) is 0 Å². The molecule has 1 saturated heterocycles. The van der Waals surface area contributed by atoms with Crippen molar-refractivity contribution < 1.29 is 4.79 Å². The zero-order chi connectivity index (χ0) is 13.3. The lowest BCUT2D eigenvalue weighted by Crippen LogP contribution is -2.51. The van der Waals surface area contributed by atoms with E-state index in [0.29, 0.717) is 12.1 Å². The van der Waals surface area contributed by atoms with E-state index >= 15 is 0 Å². The summed E-state index contributed by atoms with van der Waals surface area (Å²) in [5, 5.41) is 0. The number of nitrogens with zero attached hydrogens (tertiary/aromatic N) is 2. The molecule has 104 valence electrons. The molecular formula is C14H27N3O. The Morgan fingerprint density at radius 1 is 1.39 bits per heavy atom. The van der Waals surface area contributed by atoms with Gasteiger partial charge in [0.15, 0.2) is 0 Å². The van der Waals surface area contributed by atoms with Gasteiger partial charge in [0.1, 0.15) is 0 Å². The van der Waals surface area contributed by atoms with Crippen molar-refractivity contribution in [3.8, 4) is 0 Å². The Bertz CT molecular complexity index is 301. The number of rotatable bonds is 5. The maximum atomic E-state index is 12.4. The van der Waals surface area contributed by atoms with E-state index in [1.165, 1.54) is 12.8 Å². The molecule has 0 radical (unpaired) electrons. The lowest BCUT2D eigenvalue weighted by atomic mass is 10.0. The number of likely N-dealkylation sites (N-methyl/N-ethyl adjacent to an activating group) is 1. The van der Waals surface area contributed by atoms with Crippen LogP contribution in [0.5, 0.6) is 0 Å². The molecule has 18 heavy (non-hydrogen) atoms. The van der Waals surface area contributed by atoms with Crippen molar-refractivity contribution >= 4 is 5.91 Å². The molecule has 2 N–H and O–H groups in total. The molecule has 1 aliphatic carbocycles. The monoisotopic (exact) mass is 253 g/mol. The maximum absolute atomic E-state index is 12.4. The highest BCUT2D eigenvalue weighted by Gasteiger charge is 2.37. The fourth-order valence-electron chi connectivity index (χ4n) is 2.72. The second kappa shape index (κ2) is 5.57. The third kappa shape index (κ3) is 3.04. The quantitative estimate of drug-likeness (QED) is 0.797. The number of hydrogen-bond donors (Lipinski definition) is 1. The van der Waals surface area contributed by atoms with Gasteiger partial charge in [-0.15, -0.1) is 0 Å². The van der Waals surface area contributed by atoms with Gasteiger partial charge < -0.3 is 15.5 Å². The van der Waals surface area contributed by atoms with Crippen LogP contribution in [0.25, 0.3) is 0 Å². The molecule has 0 spiro atoms. The number of likely N-dealkylation sites (tertiary alicyclic amines) is 1. The smallest absolute Gasteiger partial charge is 0.240 e. The minimum Gasteiger partial charge on any atom is -0.337 e. The molecule has 2 atom stereocenters. The predicted octanol–water partition coefficient (Wildman–Crippen LogP) is 1.05. The van der Waals surface area contributed by atoms with Gasteiger partial charge in [0, 0.05) is 18.6 Å². The van der Waals surface area contributed by atoms with Crippen molar-refractivity contribution in [2.75, 3.05) is 20.1 Å². The average molecular weight is 253 g/mol. The van der Waals surface area contributed by atoms with Gasteiger partial charge in [0.05, 0.1) is 6.04 Å². The number of carbonyl (C=O) groups is 1. The molecule has 0 unspecified atom stereocenters. The summed E-state index contributed by atoms with van der Waals surface area (Å²) in [6.45, 7) is 6.08. The van der Waals surface area contributed by atoms with Crippen LogP contribution in [0.15, 0.2) is 0 Å². The Kier molecular flexibility index (Phi) is 4.28. The average Bonchev–Trinajstić information content (AvgIpc) is 3.09. The van der Waals surface area contributed by atoms with Crippen molar-refractivity contribution in [3.05, 3.63) is 0 Å². The van der Waals surface area contributed by atoms with Crippen molar-refractivity contribution in [3.63, 3.8) is 0 Å². The van der Waals surface area contributed by atoms with Gasteiger partial charge in [-0.3, -0.25) is 4.79 Å². The Labute approximate surface area is 110 Å². The van der Waals surface area contributed by atoms with E-state index in [4.69, 9.17) is 5.73 Å². The standard InChI is InChI=1S/C14H27N3O/c1-10(2)13(15)14(18)17(11-6-7-11)9-12-5-4-8-16(12)3/h10-13H,4-9,15H2,1-3H3/t12-,13+/m1/s1. The molecule has 1 heterocycles. The van der Waals surface area contributed by atoms with E-state index < -0.39 is 0 Å². The molecular weight excluding hydrogens is 226 g/mol. The van der Waals surface area contributed by atoms with E-state index in [-0.39, 0.29) is 17.9 Å². The summed E-state index contributed by atoms with van der Waals surface area (Å²) < 4.78 is 0. The largest absolute Gasteiger partial charge is 0.337 e. The highest BCUT2D eigenvalue weighted by Crippen LogP contribution is 2.29. The Balaban J connectivity index is 1.97. The summed E-state index contributed by atoms with van der Waals surface area (Å²) >= 11 is 0. The van der Waals surface area contributed by atoms with Crippen LogP contribution in [0, 0.1) is 5.92 Å². The van der Waals surface area contributed by atoms with Gasteiger partial charge in [0.25, 0.3) is 0 Å². The Hall–Kier alpha value is -0.610. The third-order valence-corrected chi connectivity index (χ3v) is 4.35. The molecule has 0 aromatic rings. The van der Waals surface area contributed by atoms with Crippen LogP contribution in [-0.2, 0) is 4.79 Å². The van der Waals surface area contributed by atoms with Crippen molar-refractivity contribution in [2.24, 2.45) is 11.7 Å². The predicted molar refractivity (Wildman–Crippen MR) is 73.2 cm³/mol. The molecule has 4 nitrogen and oxygen atoms in total. The van der Waals surface area contributed by atoms with Crippen LogP contribution in [0.3, 0.4) is 0 Å². The summed E-state index contributed by atoms with van der Waals surface area (Å²) in [6.07, 6.45) is 4.79. The first-order valence-corrected chi connectivity index (χ1v) is 7.27. The van der Waals surface area contributed by atoms with E-state index in [2.05, 4.69) is 16.8 Å². The highest BCUT2D eigenvalue weighted by atomic mass is 16.2. The number of nitrogens with two attached hydrogens (primary N) is 1. The second-order valence-corrected chi connectivity index (χ2v) is 6.27. The van der Waals surface area contributed by atoms with Crippen LogP contribution in [0.4, 0.5) is 0 Å². The molecule has 0 aromatic heterocycles. The number of carbonyl (C=O) groups excluding carboxylic acids is 1. The summed E-state index contributed by atoms with van der Waals surface area (Å²) in [4.78, 5) is 16.9. The first kappa shape index (κ1) is 13.8. The molecule has 2 rings (SSSR count). The first-order valence-electron chi connectivity index (χ1n) is 7.27. The molecule has 1 saturated carbocycles. The SMILES string of the molecule is CC(C)[C@H](N)C(=O)N(C[C@H]1CCCN1C)C1CC1. The van der Waals surface area contributed by atoms with Gasteiger partial charge in [-0.2, -0.15) is 0 Å². The van der Waals surface area contributed by atoms with E-state index in [1.54, 1.807) is 0 Å². The third-order valence-electron chi connectivity index (χ3n) is 4.35. The first-order chi connectivity index (χ1) is 8.50. The highest BCUT2D eigenvalue weighted by molar-refractivity contribution is 5.82. The Morgan fingerprint density at radius 3 is 2.50 bits per heavy atom. The minimum absolute atomic E-state index is 0.160. The molecule has 2 aliphatic rings. The minimum atomic E-state index is -0.336. The fraction of sp³-hybridized carbons (Fsp3) is 0.929. The van der Waals surface area contributed by atoms with Gasteiger partial charge in [-0.05, 0) is 45.2 Å². The van der Waals surface area contributed by atoms with Crippen molar-refractivity contribution in [1.82, 2.24) is 9.80 Å². The summed E-state index contributed by atoms with van der Waals surface area (Å²) in [5.74, 6) is 0.382. The van der Waals surface area contributed by atoms with Crippen LogP contribution in [0.2, 0.25) is 0 Å². The van der Waals surface area contributed by atoms with Gasteiger partial charge in [-0.1, -0.05) is 13.8 Å². The topological polar surface area (TPSA) is 49.6 Å². The lowest BCUT2D eigenvalue weighted by molar-refractivity contribution is -0.134. The molecule has 4 heteroatoms. The second-order valence-electron chi connectivity index (χ2n) is 6.27. The number of amides is 1. The summed E-state index contributed by atoms with van der Waals surface area (Å²) in [5.41, 5.74) is 6.03. The zero-order valence-corrected chi connectivity index (χ0v) is 11.9. The summed E-state index contributed by atoms with van der Waals surface area (Å²) in [6, 6.07) is 0.669. The summed E-state index contributed by atoms with van der Waals surface area (Å²) in [7, 11) is 2.16. The Morgan fingerprint density at radius 2 is 2.06 bits per heavy atom. The van der Waals surface area contributed by atoms with E-state index in [1.807, 2.05) is 13.8 Å². The van der Waals surface area contributed by atoms with Crippen LogP contribution in [-0.4, -0.2) is 54.0 Å². The molecule has 0 bridgehead atoms. The fourth-order valence-corrected chi connectivity index (χ4v) is 2.72.